The monoisotopic (exact) mass is 240 g/mol. The Kier molecular flexibility index (Phi) is 3.78. The molecule has 1 unspecified atom stereocenters. The molecule has 2 aromatic carbocycles. The van der Waals surface area contributed by atoms with Crippen molar-refractivity contribution in [1.29, 1.82) is 0 Å². The number of hydrogen-bond acceptors (Lipinski definition) is 1. The van der Waals surface area contributed by atoms with Crippen molar-refractivity contribution in [2.45, 2.75) is 19.3 Å². The van der Waals surface area contributed by atoms with Crippen LogP contribution in [-0.4, -0.2) is 11.1 Å². The summed E-state index contributed by atoms with van der Waals surface area (Å²) in [6, 6.07) is 17.8. The predicted molar refractivity (Wildman–Crippen MR) is 71.7 cm³/mol. The summed E-state index contributed by atoms with van der Waals surface area (Å²) >= 11 is 0. The molecule has 0 radical (unpaired) electrons. The molecule has 0 bridgehead atoms. The van der Waals surface area contributed by atoms with Crippen molar-refractivity contribution in [3.63, 3.8) is 0 Å². The molecule has 0 aliphatic heterocycles. The van der Waals surface area contributed by atoms with Gasteiger partial charge in [0.1, 0.15) is 0 Å². The first kappa shape index (κ1) is 12.4. The molecule has 2 aromatic rings. The molecular weight excluding hydrogens is 224 g/mol. The second-order valence-electron chi connectivity index (χ2n) is 4.48. The van der Waals surface area contributed by atoms with Gasteiger partial charge in [-0.25, -0.2) is 0 Å². The van der Waals surface area contributed by atoms with Gasteiger partial charge in [-0.15, -0.1) is 0 Å². The summed E-state index contributed by atoms with van der Waals surface area (Å²) < 4.78 is 0. The highest BCUT2D eigenvalue weighted by Gasteiger charge is 2.17. The zero-order valence-electron chi connectivity index (χ0n) is 10.3. The van der Waals surface area contributed by atoms with Crippen LogP contribution < -0.4 is 0 Å². The minimum absolute atomic E-state index is 0.0800. The number of carboxylic acids is 1. The van der Waals surface area contributed by atoms with E-state index in [1.807, 2.05) is 55.5 Å². The van der Waals surface area contributed by atoms with Crippen LogP contribution in [0.25, 0.3) is 0 Å². The van der Waals surface area contributed by atoms with E-state index in [0.717, 1.165) is 16.7 Å². The van der Waals surface area contributed by atoms with Crippen LogP contribution in [0.4, 0.5) is 0 Å². The Morgan fingerprint density at radius 1 is 1.06 bits per heavy atom. The third-order valence-corrected chi connectivity index (χ3v) is 3.03. The zero-order chi connectivity index (χ0) is 13.0. The maximum Gasteiger partial charge on any atom is 0.304 e. The lowest BCUT2D eigenvalue weighted by atomic mass is 9.88. The molecule has 0 spiro atoms. The summed E-state index contributed by atoms with van der Waals surface area (Å²) in [4.78, 5) is 11.0. The van der Waals surface area contributed by atoms with Gasteiger partial charge in [0.2, 0.25) is 0 Å². The van der Waals surface area contributed by atoms with Crippen LogP contribution in [0.3, 0.4) is 0 Å². The van der Waals surface area contributed by atoms with Crippen molar-refractivity contribution < 1.29 is 9.90 Å². The summed E-state index contributed by atoms with van der Waals surface area (Å²) in [6.07, 6.45) is 0.119. The van der Waals surface area contributed by atoms with Crippen molar-refractivity contribution in [3.05, 3.63) is 71.3 Å². The minimum Gasteiger partial charge on any atom is -0.481 e. The molecule has 2 heteroatoms. The second kappa shape index (κ2) is 5.50. The second-order valence-corrected chi connectivity index (χ2v) is 4.48. The first-order valence-corrected chi connectivity index (χ1v) is 6.00. The summed E-state index contributed by atoms with van der Waals surface area (Å²) in [6.45, 7) is 2.02. The van der Waals surface area contributed by atoms with Crippen molar-refractivity contribution in [2.75, 3.05) is 0 Å². The van der Waals surface area contributed by atoms with E-state index in [4.69, 9.17) is 5.11 Å². The first-order chi connectivity index (χ1) is 8.66. The molecule has 0 aliphatic carbocycles. The van der Waals surface area contributed by atoms with Crippen molar-refractivity contribution in [2.24, 2.45) is 0 Å². The number of rotatable bonds is 4. The van der Waals surface area contributed by atoms with Gasteiger partial charge in [-0.2, -0.15) is 0 Å². The number of carboxylic acid groups (broad SMARTS) is 1. The number of hydrogen-bond donors (Lipinski definition) is 1. The zero-order valence-corrected chi connectivity index (χ0v) is 10.3. The molecule has 0 saturated heterocycles. The fourth-order valence-electron chi connectivity index (χ4n) is 2.17. The van der Waals surface area contributed by atoms with E-state index in [1.165, 1.54) is 0 Å². The van der Waals surface area contributed by atoms with Crippen LogP contribution in [0.2, 0.25) is 0 Å². The highest BCUT2D eigenvalue weighted by atomic mass is 16.4. The molecule has 0 aromatic heterocycles. The third-order valence-electron chi connectivity index (χ3n) is 3.03. The van der Waals surface area contributed by atoms with Crippen LogP contribution in [-0.2, 0) is 4.79 Å². The van der Waals surface area contributed by atoms with Crippen LogP contribution in [0, 0.1) is 6.92 Å². The Bertz CT molecular complexity index is 532. The molecule has 2 nitrogen and oxygen atoms in total. The maximum atomic E-state index is 11.0. The molecule has 0 amide bonds. The van der Waals surface area contributed by atoms with Gasteiger partial charge in [-0.1, -0.05) is 60.2 Å². The minimum atomic E-state index is -0.773. The predicted octanol–water partition coefficient (Wildman–Crippen LogP) is 3.60. The van der Waals surface area contributed by atoms with E-state index in [9.17, 15) is 4.79 Å². The standard InChI is InChI=1S/C16H16O2/c1-12-6-5-9-14(10-12)15(11-16(17)18)13-7-3-2-4-8-13/h2-10,15H,11H2,1H3,(H,17,18). The van der Waals surface area contributed by atoms with Gasteiger partial charge in [-0.3, -0.25) is 4.79 Å². The van der Waals surface area contributed by atoms with Gasteiger partial charge < -0.3 is 5.11 Å². The average molecular weight is 240 g/mol. The molecular formula is C16H16O2. The number of aliphatic carboxylic acids is 1. The van der Waals surface area contributed by atoms with E-state index >= 15 is 0 Å². The molecule has 0 saturated carbocycles. The van der Waals surface area contributed by atoms with Gasteiger partial charge in [0, 0.05) is 5.92 Å². The number of carbonyl (C=O) groups is 1. The van der Waals surface area contributed by atoms with E-state index in [0.29, 0.717) is 0 Å². The first-order valence-electron chi connectivity index (χ1n) is 6.00. The Hall–Kier alpha value is -2.09. The summed E-state index contributed by atoms with van der Waals surface area (Å²) in [7, 11) is 0. The summed E-state index contributed by atoms with van der Waals surface area (Å²) in [5, 5.41) is 9.08. The molecule has 0 heterocycles. The van der Waals surface area contributed by atoms with Crippen molar-refractivity contribution in [3.8, 4) is 0 Å². The topological polar surface area (TPSA) is 37.3 Å². The van der Waals surface area contributed by atoms with Gasteiger partial charge in [0.05, 0.1) is 6.42 Å². The third kappa shape index (κ3) is 2.98. The molecule has 18 heavy (non-hydrogen) atoms. The Balaban J connectivity index is 2.40. The maximum absolute atomic E-state index is 11.0. The van der Waals surface area contributed by atoms with Gasteiger partial charge in [-0.05, 0) is 18.1 Å². The van der Waals surface area contributed by atoms with Crippen LogP contribution in [0.15, 0.2) is 54.6 Å². The van der Waals surface area contributed by atoms with E-state index in [1.54, 1.807) is 0 Å². The molecule has 0 aliphatic rings. The Labute approximate surface area is 107 Å². The lowest BCUT2D eigenvalue weighted by molar-refractivity contribution is -0.137. The highest BCUT2D eigenvalue weighted by molar-refractivity contribution is 5.69. The smallest absolute Gasteiger partial charge is 0.304 e. The molecule has 1 N–H and O–H groups in total. The van der Waals surface area contributed by atoms with Gasteiger partial charge in [0.15, 0.2) is 0 Å². The number of benzene rings is 2. The summed E-state index contributed by atoms with van der Waals surface area (Å²) in [5.41, 5.74) is 3.26. The fourth-order valence-corrected chi connectivity index (χ4v) is 2.17. The molecule has 1 atom stereocenters. The normalized spacial score (nSPS) is 12.1. The summed E-state index contributed by atoms with van der Waals surface area (Å²) in [5.74, 6) is -0.853. The van der Waals surface area contributed by atoms with E-state index < -0.39 is 5.97 Å². The average Bonchev–Trinajstić information content (AvgIpc) is 2.37. The van der Waals surface area contributed by atoms with E-state index in [-0.39, 0.29) is 12.3 Å². The van der Waals surface area contributed by atoms with Crippen LogP contribution in [0.5, 0.6) is 0 Å². The molecule has 0 fully saturated rings. The largest absolute Gasteiger partial charge is 0.481 e. The van der Waals surface area contributed by atoms with Crippen LogP contribution >= 0.6 is 0 Å². The van der Waals surface area contributed by atoms with E-state index in [2.05, 4.69) is 6.07 Å². The number of aryl methyl sites for hydroxylation is 1. The van der Waals surface area contributed by atoms with Crippen molar-refractivity contribution in [1.82, 2.24) is 0 Å². The Morgan fingerprint density at radius 3 is 2.33 bits per heavy atom. The quantitative estimate of drug-likeness (QED) is 0.886. The lowest BCUT2D eigenvalue weighted by Gasteiger charge is -2.16. The SMILES string of the molecule is Cc1cccc(C(CC(=O)O)c2ccccc2)c1. The Morgan fingerprint density at radius 2 is 1.72 bits per heavy atom. The fraction of sp³-hybridized carbons (Fsp3) is 0.188. The lowest BCUT2D eigenvalue weighted by Crippen LogP contribution is -2.08. The van der Waals surface area contributed by atoms with Gasteiger partial charge >= 0.3 is 5.97 Å². The highest BCUT2D eigenvalue weighted by Crippen LogP contribution is 2.28. The van der Waals surface area contributed by atoms with Gasteiger partial charge in [0.25, 0.3) is 0 Å². The van der Waals surface area contributed by atoms with Crippen molar-refractivity contribution >= 4 is 5.97 Å². The molecule has 92 valence electrons. The molecule has 2 rings (SSSR count). The van der Waals surface area contributed by atoms with Crippen LogP contribution in [0.1, 0.15) is 29.0 Å².